The molecule has 0 amide bonds. The Morgan fingerprint density at radius 1 is 1.03 bits per heavy atom. The molecule has 2 aromatic carbocycles. The maximum Gasteiger partial charge on any atom is 0.264 e. The average molecular weight is 471 g/mol. The molecular weight excluding hydrogens is 444 g/mol. The number of aryl methyl sites for hydroxylation is 1. The van der Waals surface area contributed by atoms with Gasteiger partial charge in [-0.3, -0.25) is 9.21 Å². The fourth-order valence-corrected chi connectivity index (χ4v) is 6.77. The molecule has 0 saturated carbocycles. The lowest BCUT2D eigenvalue weighted by Crippen LogP contribution is -2.47. The highest BCUT2D eigenvalue weighted by Gasteiger charge is 2.35. The van der Waals surface area contributed by atoms with Crippen molar-refractivity contribution in [1.29, 1.82) is 0 Å². The number of ether oxygens (including phenoxy) is 2. The fourth-order valence-electron chi connectivity index (χ4n) is 4.33. The molecule has 0 atom stereocenters. The van der Waals surface area contributed by atoms with E-state index < -0.39 is 10.0 Å². The van der Waals surface area contributed by atoms with Gasteiger partial charge in [-0.15, -0.1) is 11.3 Å². The second-order valence-electron chi connectivity index (χ2n) is 8.24. The van der Waals surface area contributed by atoms with Crippen LogP contribution in [0.3, 0.4) is 0 Å². The van der Waals surface area contributed by atoms with Gasteiger partial charge in [-0.1, -0.05) is 23.8 Å². The maximum atomic E-state index is 13.8. The molecule has 0 bridgehead atoms. The van der Waals surface area contributed by atoms with Gasteiger partial charge in [0.25, 0.3) is 10.0 Å². The predicted molar refractivity (Wildman–Crippen MR) is 126 cm³/mol. The van der Waals surface area contributed by atoms with E-state index in [1.807, 2.05) is 25.1 Å². The van der Waals surface area contributed by atoms with Crippen molar-refractivity contribution in [2.75, 3.05) is 24.2 Å². The summed E-state index contributed by atoms with van der Waals surface area (Å²) in [5.41, 5.74) is 1.65. The molecule has 0 radical (unpaired) electrons. The Morgan fingerprint density at radius 2 is 1.78 bits per heavy atom. The molecule has 5 rings (SSSR count). The second kappa shape index (κ2) is 8.77. The summed E-state index contributed by atoms with van der Waals surface area (Å²) in [6.07, 6.45) is 1.54. The summed E-state index contributed by atoms with van der Waals surface area (Å²) in [4.78, 5) is 4.05. The normalized spacial score (nSPS) is 16.9. The molecule has 2 aliphatic heterocycles. The zero-order chi connectivity index (χ0) is 22.1. The van der Waals surface area contributed by atoms with E-state index in [0.717, 1.165) is 38.0 Å². The number of rotatable bonds is 6. The van der Waals surface area contributed by atoms with E-state index in [0.29, 0.717) is 22.1 Å². The lowest BCUT2D eigenvalue weighted by Gasteiger charge is -2.39. The molecular formula is C24H26N2O4S2. The number of anilines is 1. The molecule has 0 spiro atoms. The van der Waals surface area contributed by atoms with E-state index >= 15 is 0 Å². The van der Waals surface area contributed by atoms with Crippen molar-refractivity contribution in [3.05, 3.63) is 70.4 Å². The second-order valence-corrected chi connectivity index (χ2v) is 11.1. The van der Waals surface area contributed by atoms with Gasteiger partial charge in [-0.2, -0.15) is 0 Å². The molecule has 32 heavy (non-hydrogen) atoms. The Labute approximate surface area is 193 Å². The minimum Gasteiger partial charge on any atom is -0.454 e. The summed E-state index contributed by atoms with van der Waals surface area (Å²) in [6, 6.07) is 16.6. The van der Waals surface area contributed by atoms with Crippen molar-refractivity contribution in [3.63, 3.8) is 0 Å². The van der Waals surface area contributed by atoms with Crippen LogP contribution in [-0.2, 0) is 16.6 Å². The van der Waals surface area contributed by atoms with Gasteiger partial charge in [0, 0.05) is 36.6 Å². The number of nitrogens with zero attached hydrogens (tertiary/aromatic N) is 2. The Hall–Kier alpha value is -2.55. The van der Waals surface area contributed by atoms with Crippen LogP contribution in [0.15, 0.2) is 64.9 Å². The Bertz CT molecular complexity index is 1170. The van der Waals surface area contributed by atoms with Crippen molar-refractivity contribution >= 4 is 27.0 Å². The first kappa shape index (κ1) is 21.3. The van der Waals surface area contributed by atoms with Gasteiger partial charge in [-0.05, 0) is 55.5 Å². The van der Waals surface area contributed by atoms with E-state index in [9.17, 15) is 8.42 Å². The lowest BCUT2D eigenvalue weighted by atomic mass is 10.0. The van der Waals surface area contributed by atoms with Gasteiger partial charge in [0.15, 0.2) is 11.5 Å². The first-order valence-electron chi connectivity index (χ1n) is 10.8. The number of likely N-dealkylation sites (tertiary alicyclic amines) is 1. The fraction of sp³-hybridized carbons (Fsp3) is 0.333. The third kappa shape index (κ3) is 4.22. The van der Waals surface area contributed by atoms with Gasteiger partial charge in [0.05, 0.1) is 10.6 Å². The molecule has 0 N–H and O–H groups in total. The molecule has 3 aromatic rings. The van der Waals surface area contributed by atoms with Gasteiger partial charge in [-0.25, -0.2) is 8.42 Å². The molecule has 168 valence electrons. The van der Waals surface area contributed by atoms with Gasteiger partial charge in [0.2, 0.25) is 6.79 Å². The van der Waals surface area contributed by atoms with Crippen molar-refractivity contribution < 1.29 is 17.9 Å². The highest BCUT2D eigenvalue weighted by atomic mass is 32.2. The summed E-state index contributed by atoms with van der Waals surface area (Å²) in [5, 5.41) is 2.09. The molecule has 3 heterocycles. The monoisotopic (exact) mass is 470 g/mol. The molecule has 8 heteroatoms. The first-order valence-corrected chi connectivity index (χ1v) is 13.1. The largest absolute Gasteiger partial charge is 0.454 e. The average Bonchev–Trinajstić information content (AvgIpc) is 3.47. The van der Waals surface area contributed by atoms with Crippen molar-refractivity contribution in [3.8, 4) is 11.5 Å². The number of hydrogen-bond donors (Lipinski definition) is 0. The van der Waals surface area contributed by atoms with Crippen LogP contribution in [0.5, 0.6) is 11.5 Å². The third-order valence-corrected chi connectivity index (χ3v) is 8.79. The molecule has 0 aliphatic carbocycles. The van der Waals surface area contributed by atoms with E-state index in [4.69, 9.17) is 9.47 Å². The summed E-state index contributed by atoms with van der Waals surface area (Å²) < 4.78 is 40.2. The van der Waals surface area contributed by atoms with Crippen LogP contribution < -0.4 is 13.8 Å². The van der Waals surface area contributed by atoms with E-state index in [1.54, 1.807) is 39.9 Å². The van der Waals surface area contributed by atoms with Crippen LogP contribution in [0.1, 0.15) is 23.3 Å². The Balaban J connectivity index is 1.44. The Kier molecular flexibility index (Phi) is 5.84. The Morgan fingerprint density at radius 3 is 2.50 bits per heavy atom. The number of benzene rings is 2. The van der Waals surface area contributed by atoms with Crippen LogP contribution in [0.4, 0.5) is 5.69 Å². The van der Waals surface area contributed by atoms with E-state index in [-0.39, 0.29) is 12.8 Å². The molecule has 1 saturated heterocycles. The smallest absolute Gasteiger partial charge is 0.264 e. The zero-order valence-electron chi connectivity index (χ0n) is 17.9. The summed E-state index contributed by atoms with van der Waals surface area (Å²) in [7, 11) is -3.73. The van der Waals surface area contributed by atoms with Crippen LogP contribution in [-0.4, -0.2) is 39.2 Å². The predicted octanol–water partition coefficient (Wildman–Crippen LogP) is 4.65. The molecule has 6 nitrogen and oxygen atoms in total. The van der Waals surface area contributed by atoms with Crippen LogP contribution in [0, 0.1) is 6.92 Å². The quantitative estimate of drug-likeness (QED) is 0.525. The summed E-state index contributed by atoms with van der Waals surface area (Å²) >= 11 is 1.76. The third-order valence-electron chi connectivity index (χ3n) is 6.04. The van der Waals surface area contributed by atoms with Crippen LogP contribution in [0.2, 0.25) is 0 Å². The summed E-state index contributed by atoms with van der Waals surface area (Å²) in [5.74, 6) is 1.23. The summed E-state index contributed by atoms with van der Waals surface area (Å²) in [6.45, 7) is 4.74. The molecule has 0 unspecified atom stereocenters. The standard InChI is InChI=1S/C24H26N2O4S2/c1-18-4-7-22(8-5-18)32(27,28)26(20-6-9-23-24(15-20)30-17-29-23)19-10-12-25(13-11-19)16-21-3-2-14-31-21/h2-9,14-15,19H,10-13,16-17H2,1H3. The van der Waals surface area contributed by atoms with Crippen LogP contribution in [0.25, 0.3) is 0 Å². The number of piperidine rings is 1. The number of fused-ring (bicyclic) bond motifs is 1. The topological polar surface area (TPSA) is 59.1 Å². The first-order chi connectivity index (χ1) is 15.5. The number of sulfonamides is 1. The highest BCUT2D eigenvalue weighted by molar-refractivity contribution is 7.92. The zero-order valence-corrected chi connectivity index (χ0v) is 19.6. The van der Waals surface area contributed by atoms with E-state index in [1.165, 1.54) is 4.88 Å². The van der Waals surface area contributed by atoms with E-state index in [2.05, 4.69) is 22.4 Å². The van der Waals surface area contributed by atoms with Crippen LogP contribution >= 0.6 is 11.3 Å². The minimum absolute atomic E-state index is 0.124. The lowest BCUT2D eigenvalue weighted by molar-refractivity contribution is 0.174. The van der Waals surface area contributed by atoms with Gasteiger partial charge < -0.3 is 9.47 Å². The maximum absolute atomic E-state index is 13.8. The number of hydrogen-bond acceptors (Lipinski definition) is 6. The SMILES string of the molecule is Cc1ccc(S(=O)(=O)N(c2ccc3c(c2)OCO3)C2CCN(Cc3cccs3)CC2)cc1. The van der Waals surface area contributed by atoms with Crippen molar-refractivity contribution in [2.45, 2.75) is 37.2 Å². The van der Waals surface area contributed by atoms with Crippen molar-refractivity contribution in [2.24, 2.45) is 0 Å². The molecule has 1 aromatic heterocycles. The molecule has 1 fully saturated rings. The van der Waals surface area contributed by atoms with Gasteiger partial charge in [0.1, 0.15) is 0 Å². The van der Waals surface area contributed by atoms with Gasteiger partial charge >= 0.3 is 0 Å². The highest BCUT2D eigenvalue weighted by Crippen LogP contribution is 2.39. The molecule has 2 aliphatic rings. The minimum atomic E-state index is -3.73. The van der Waals surface area contributed by atoms with Crippen molar-refractivity contribution in [1.82, 2.24) is 4.90 Å². The number of thiophene rings is 1.